The van der Waals surface area contributed by atoms with E-state index in [1.165, 1.54) is 12.1 Å². The molecule has 5 heteroatoms. The van der Waals surface area contributed by atoms with Gasteiger partial charge in [0, 0.05) is 31.0 Å². The van der Waals surface area contributed by atoms with Crippen LogP contribution in [0, 0.1) is 5.82 Å². The van der Waals surface area contributed by atoms with Crippen LogP contribution in [-0.4, -0.2) is 17.9 Å². The Balaban J connectivity index is 1.45. The first-order chi connectivity index (χ1) is 14.6. The maximum Gasteiger partial charge on any atom is 0.227 e. The van der Waals surface area contributed by atoms with E-state index >= 15 is 0 Å². The summed E-state index contributed by atoms with van der Waals surface area (Å²) in [5, 5.41) is 0. The number of para-hydroxylation sites is 1. The Bertz CT molecular complexity index is 1140. The van der Waals surface area contributed by atoms with E-state index < -0.39 is 0 Å². The van der Waals surface area contributed by atoms with Gasteiger partial charge in [0.2, 0.25) is 5.91 Å². The smallest absolute Gasteiger partial charge is 0.227 e. The Morgan fingerprint density at radius 3 is 2.40 bits per heavy atom. The number of benzene rings is 3. The molecule has 30 heavy (non-hydrogen) atoms. The van der Waals surface area contributed by atoms with Gasteiger partial charge >= 0.3 is 0 Å². The molecule has 0 atom stereocenters. The van der Waals surface area contributed by atoms with E-state index in [4.69, 9.17) is 4.42 Å². The lowest BCUT2D eigenvalue weighted by Crippen LogP contribution is -2.27. The molecule has 0 unspecified atom stereocenters. The molecule has 4 rings (SSSR count). The van der Waals surface area contributed by atoms with Gasteiger partial charge in [-0.25, -0.2) is 9.37 Å². The highest BCUT2D eigenvalue weighted by molar-refractivity contribution is 5.97. The second-order valence-electron chi connectivity index (χ2n) is 6.96. The maximum atomic E-state index is 13.1. The highest BCUT2D eigenvalue weighted by Crippen LogP contribution is 2.30. The molecule has 0 aliphatic carbocycles. The summed E-state index contributed by atoms with van der Waals surface area (Å²) in [7, 11) is 1.78. The summed E-state index contributed by atoms with van der Waals surface area (Å²) in [6, 6.07) is 23.9. The molecular weight excluding hydrogens is 379 g/mol. The fraction of sp³-hybridized carbons (Fsp3) is 0.120. The number of halogens is 1. The van der Waals surface area contributed by atoms with E-state index in [0.29, 0.717) is 18.1 Å². The van der Waals surface area contributed by atoms with Gasteiger partial charge in [0.15, 0.2) is 11.7 Å². The molecule has 1 heterocycles. The number of nitrogens with zero attached hydrogens (tertiary/aromatic N) is 2. The van der Waals surface area contributed by atoms with Crippen LogP contribution in [-0.2, 0) is 11.2 Å². The largest absolute Gasteiger partial charge is 0.441 e. The van der Waals surface area contributed by atoms with Gasteiger partial charge in [0.1, 0.15) is 5.82 Å². The van der Waals surface area contributed by atoms with Crippen molar-refractivity contribution in [2.45, 2.75) is 12.8 Å². The van der Waals surface area contributed by atoms with Crippen LogP contribution in [0.15, 0.2) is 89.5 Å². The number of amides is 1. The third kappa shape index (κ3) is 4.30. The average molecular weight is 400 g/mol. The van der Waals surface area contributed by atoms with Crippen LogP contribution < -0.4 is 4.90 Å². The topological polar surface area (TPSA) is 46.3 Å². The van der Waals surface area contributed by atoms with Crippen molar-refractivity contribution in [3.05, 3.63) is 96.8 Å². The van der Waals surface area contributed by atoms with Gasteiger partial charge in [-0.3, -0.25) is 4.79 Å². The molecule has 0 aliphatic heterocycles. The van der Waals surface area contributed by atoms with Crippen molar-refractivity contribution in [1.82, 2.24) is 4.98 Å². The molecule has 0 spiro atoms. The van der Waals surface area contributed by atoms with Gasteiger partial charge in [-0.05, 0) is 35.9 Å². The fourth-order valence-corrected chi connectivity index (χ4v) is 3.32. The first-order valence-electron chi connectivity index (χ1n) is 9.73. The van der Waals surface area contributed by atoms with Crippen LogP contribution in [0.3, 0.4) is 0 Å². The molecule has 0 fully saturated rings. The standard InChI is InChI=1S/C25H21FN2O2/c1-28(22-10-6-5-9-21(22)18-7-3-2-4-8-18)25(29)16-15-24-27-17-23(30-24)19-11-13-20(26)14-12-19/h2-14,17H,15-16H2,1H3. The third-order valence-corrected chi connectivity index (χ3v) is 4.96. The SMILES string of the molecule is CN(C(=O)CCc1ncc(-c2ccc(F)cc2)o1)c1ccccc1-c1ccccc1. The predicted octanol–water partition coefficient (Wildman–Crippen LogP) is 5.74. The number of anilines is 1. The Labute approximate surface area is 174 Å². The number of hydrogen-bond acceptors (Lipinski definition) is 3. The summed E-state index contributed by atoms with van der Waals surface area (Å²) in [6.45, 7) is 0. The van der Waals surface area contributed by atoms with Gasteiger partial charge in [0.05, 0.1) is 11.9 Å². The molecular formula is C25H21FN2O2. The van der Waals surface area contributed by atoms with Gasteiger partial charge in [-0.1, -0.05) is 48.5 Å². The number of carbonyl (C=O) groups is 1. The molecule has 0 aliphatic rings. The van der Waals surface area contributed by atoms with Crippen molar-refractivity contribution in [2.75, 3.05) is 11.9 Å². The van der Waals surface area contributed by atoms with Gasteiger partial charge < -0.3 is 9.32 Å². The van der Waals surface area contributed by atoms with Gasteiger partial charge in [-0.2, -0.15) is 0 Å². The second-order valence-corrected chi connectivity index (χ2v) is 6.96. The monoisotopic (exact) mass is 400 g/mol. The minimum absolute atomic E-state index is 0.0279. The first kappa shape index (κ1) is 19.6. The Hall–Kier alpha value is -3.73. The number of oxazole rings is 1. The number of hydrogen-bond donors (Lipinski definition) is 0. The molecule has 0 radical (unpaired) electrons. The molecule has 0 bridgehead atoms. The summed E-state index contributed by atoms with van der Waals surface area (Å²) in [4.78, 5) is 18.8. The number of aryl methyl sites for hydroxylation is 1. The lowest BCUT2D eigenvalue weighted by Gasteiger charge is -2.20. The molecule has 0 saturated heterocycles. The quantitative estimate of drug-likeness (QED) is 0.414. The summed E-state index contributed by atoms with van der Waals surface area (Å²) < 4.78 is 18.8. The molecule has 150 valence electrons. The van der Waals surface area contributed by atoms with Crippen molar-refractivity contribution in [1.29, 1.82) is 0 Å². The lowest BCUT2D eigenvalue weighted by atomic mass is 10.0. The average Bonchev–Trinajstić information content (AvgIpc) is 3.27. The molecule has 4 aromatic rings. The molecule has 1 amide bonds. The zero-order valence-corrected chi connectivity index (χ0v) is 16.6. The zero-order chi connectivity index (χ0) is 20.9. The highest BCUT2D eigenvalue weighted by Gasteiger charge is 2.16. The van der Waals surface area contributed by atoms with Crippen LogP contribution in [0.25, 0.3) is 22.5 Å². The highest BCUT2D eigenvalue weighted by atomic mass is 19.1. The minimum atomic E-state index is -0.303. The van der Waals surface area contributed by atoms with E-state index in [0.717, 1.165) is 22.4 Å². The van der Waals surface area contributed by atoms with Crippen molar-refractivity contribution in [2.24, 2.45) is 0 Å². The van der Waals surface area contributed by atoms with Crippen LogP contribution in [0.4, 0.5) is 10.1 Å². The van der Waals surface area contributed by atoms with E-state index in [2.05, 4.69) is 4.98 Å². The van der Waals surface area contributed by atoms with Crippen molar-refractivity contribution >= 4 is 11.6 Å². The van der Waals surface area contributed by atoms with Crippen molar-refractivity contribution < 1.29 is 13.6 Å². The van der Waals surface area contributed by atoms with Crippen LogP contribution in [0.5, 0.6) is 0 Å². The summed E-state index contributed by atoms with van der Waals surface area (Å²) >= 11 is 0. The van der Waals surface area contributed by atoms with Gasteiger partial charge in [0.25, 0.3) is 0 Å². The number of aromatic nitrogens is 1. The third-order valence-electron chi connectivity index (χ3n) is 4.96. The van der Waals surface area contributed by atoms with E-state index in [-0.39, 0.29) is 18.1 Å². The zero-order valence-electron chi connectivity index (χ0n) is 16.6. The maximum absolute atomic E-state index is 13.1. The van der Waals surface area contributed by atoms with E-state index in [1.54, 1.807) is 30.3 Å². The molecule has 3 aromatic carbocycles. The Kier molecular flexibility index (Phi) is 5.70. The van der Waals surface area contributed by atoms with E-state index in [9.17, 15) is 9.18 Å². The summed E-state index contributed by atoms with van der Waals surface area (Å²) in [5.74, 6) is 0.704. The van der Waals surface area contributed by atoms with Crippen LogP contribution in [0.1, 0.15) is 12.3 Å². The number of carbonyl (C=O) groups excluding carboxylic acids is 1. The minimum Gasteiger partial charge on any atom is -0.441 e. The molecule has 4 nitrogen and oxygen atoms in total. The Morgan fingerprint density at radius 2 is 1.63 bits per heavy atom. The Morgan fingerprint density at radius 1 is 0.933 bits per heavy atom. The lowest BCUT2D eigenvalue weighted by molar-refractivity contribution is -0.118. The van der Waals surface area contributed by atoms with E-state index in [1.807, 2.05) is 54.6 Å². The molecule has 1 aromatic heterocycles. The van der Waals surface area contributed by atoms with Crippen molar-refractivity contribution in [3.63, 3.8) is 0 Å². The summed E-state index contributed by atoms with van der Waals surface area (Å²) in [6.07, 6.45) is 2.25. The second kappa shape index (κ2) is 8.74. The molecule has 0 N–H and O–H groups in total. The van der Waals surface area contributed by atoms with Crippen molar-refractivity contribution in [3.8, 4) is 22.5 Å². The first-order valence-corrected chi connectivity index (χ1v) is 9.73. The van der Waals surface area contributed by atoms with Gasteiger partial charge in [-0.15, -0.1) is 0 Å². The predicted molar refractivity (Wildman–Crippen MR) is 116 cm³/mol. The number of rotatable bonds is 6. The van der Waals surface area contributed by atoms with Crippen LogP contribution >= 0.6 is 0 Å². The normalized spacial score (nSPS) is 10.7. The fourth-order valence-electron chi connectivity index (χ4n) is 3.32. The van der Waals surface area contributed by atoms with Crippen LogP contribution in [0.2, 0.25) is 0 Å². The summed E-state index contributed by atoms with van der Waals surface area (Å²) in [5.41, 5.74) is 3.66. The molecule has 0 saturated carbocycles.